The number of carbonyl (C=O) groups is 2. The molecule has 114 valence electrons. The van der Waals surface area contributed by atoms with Crippen molar-refractivity contribution in [2.45, 2.75) is 25.8 Å². The number of hydrogen-bond donors (Lipinski definition) is 2. The molecule has 22 heavy (non-hydrogen) atoms. The molecule has 0 aliphatic heterocycles. The Morgan fingerprint density at radius 2 is 2.00 bits per heavy atom. The molecule has 0 atom stereocenters. The number of primary amides is 1. The molecule has 3 N–H and O–H groups in total. The van der Waals surface area contributed by atoms with Gasteiger partial charge in [0.1, 0.15) is 0 Å². The van der Waals surface area contributed by atoms with Gasteiger partial charge in [-0.1, -0.05) is 18.2 Å². The SMILES string of the molecule is CNCc1c(C(N)=O)c2c(n1-c1ccccc1)CCCC2=O. The van der Waals surface area contributed by atoms with Crippen molar-refractivity contribution in [3.63, 3.8) is 0 Å². The average Bonchev–Trinajstić information content (AvgIpc) is 2.84. The second kappa shape index (κ2) is 5.77. The normalized spacial score (nSPS) is 14.0. The third-order valence-electron chi connectivity index (χ3n) is 4.07. The Kier molecular flexibility index (Phi) is 3.81. The first-order chi connectivity index (χ1) is 10.6. The number of nitrogens with one attached hydrogen (secondary N) is 1. The Morgan fingerprint density at radius 3 is 2.64 bits per heavy atom. The van der Waals surface area contributed by atoms with Crippen LogP contribution < -0.4 is 11.1 Å². The molecule has 0 spiro atoms. The molecule has 1 aliphatic rings. The quantitative estimate of drug-likeness (QED) is 0.903. The van der Waals surface area contributed by atoms with Crippen LogP contribution in [0.3, 0.4) is 0 Å². The maximum Gasteiger partial charge on any atom is 0.251 e. The van der Waals surface area contributed by atoms with Crippen molar-refractivity contribution in [3.05, 3.63) is 52.8 Å². The molecule has 0 unspecified atom stereocenters. The Bertz CT molecular complexity index is 732. The van der Waals surface area contributed by atoms with E-state index in [-0.39, 0.29) is 5.78 Å². The molecular weight excluding hydrogens is 278 g/mol. The highest BCUT2D eigenvalue weighted by molar-refractivity contribution is 6.10. The summed E-state index contributed by atoms with van der Waals surface area (Å²) in [7, 11) is 1.81. The summed E-state index contributed by atoms with van der Waals surface area (Å²) in [5, 5.41) is 3.07. The molecule has 1 aliphatic carbocycles. The molecule has 3 rings (SSSR count). The molecule has 1 amide bonds. The number of benzene rings is 1. The summed E-state index contributed by atoms with van der Waals surface area (Å²) in [5.41, 5.74) is 9.10. The van der Waals surface area contributed by atoms with E-state index in [0.717, 1.165) is 29.9 Å². The zero-order valence-electron chi connectivity index (χ0n) is 12.6. The molecule has 1 aromatic heterocycles. The first-order valence-electron chi connectivity index (χ1n) is 7.44. The average molecular weight is 297 g/mol. The molecule has 0 radical (unpaired) electrons. The van der Waals surface area contributed by atoms with E-state index in [0.29, 0.717) is 24.1 Å². The third kappa shape index (κ3) is 2.23. The molecule has 1 aromatic carbocycles. The van der Waals surface area contributed by atoms with Gasteiger partial charge in [-0.2, -0.15) is 0 Å². The fraction of sp³-hybridized carbons (Fsp3) is 0.294. The van der Waals surface area contributed by atoms with Crippen molar-refractivity contribution in [2.75, 3.05) is 7.05 Å². The zero-order valence-corrected chi connectivity index (χ0v) is 12.6. The van der Waals surface area contributed by atoms with Gasteiger partial charge in [-0.3, -0.25) is 9.59 Å². The van der Waals surface area contributed by atoms with Gasteiger partial charge in [0.15, 0.2) is 5.78 Å². The predicted octanol–water partition coefficient (Wildman–Crippen LogP) is 1.81. The van der Waals surface area contributed by atoms with Crippen molar-refractivity contribution in [3.8, 4) is 5.69 Å². The van der Waals surface area contributed by atoms with Crippen LogP contribution in [0.1, 0.15) is 44.9 Å². The number of nitrogens with zero attached hydrogens (tertiary/aromatic N) is 1. The topological polar surface area (TPSA) is 77.1 Å². The van der Waals surface area contributed by atoms with Crippen LogP contribution in [0.25, 0.3) is 5.69 Å². The second-order valence-electron chi connectivity index (χ2n) is 5.49. The highest BCUT2D eigenvalue weighted by atomic mass is 16.1. The lowest BCUT2D eigenvalue weighted by molar-refractivity contribution is 0.0950. The number of carbonyl (C=O) groups excluding carboxylic acids is 2. The lowest BCUT2D eigenvalue weighted by atomic mass is 9.93. The number of para-hydroxylation sites is 1. The van der Waals surface area contributed by atoms with Crippen LogP contribution in [0.2, 0.25) is 0 Å². The number of nitrogens with two attached hydrogens (primary N) is 1. The molecule has 2 aromatic rings. The number of Topliss-reactive ketones (excluding diaryl/α,β-unsaturated/α-hetero) is 1. The smallest absolute Gasteiger partial charge is 0.251 e. The van der Waals surface area contributed by atoms with Gasteiger partial charge in [0.25, 0.3) is 5.91 Å². The molecule has 0 bridgehead atoms. The summed E-state index contributed by atoms with van der Waals surface area (Å²) >= 11 is 0. The van der Waals surface area contributed by atoms with Gasteiger partial charge >= 0.3 is 0 Å². The highest BCUT2D eigenvalue weighted by Crippen LogP contribution is 2.32. The fourth-order valence-electron chi connectivity index (χ4n) is 3.24. The lowest BCUT2D eigenvalue weighted by Gasteiger charge is -2.16. The minimum absolute atomic E-state index is 0.0158. The molecule has 5 heteroatoms. The highest BCUT2D eigenvalue weighted by Gasteiger charge is 2.32. The van der Waals surface area contributed by atoms with Crippen molar-refractivity contribution < 1.29 is 9.59 Å². The van der Waals surface area contributed by atoms with Gasteiger partial charge in [0.2, 0.25) is 0 Å². The van der Waals surface area contributed by atoms with E-state index >= 15 is 0 Å². The maximum atomic E-state index is 12.4. The Balaban J connectivity index is 2.35. The third-order valence-corrected chi connectivity index (χ3v) is 4.07. The fourth-order valence-corrected chi connectivity index (χ4v) is 3.24. The van der Waals surface area contributed by atoms with Gasteiger partial charge < -0.3 is 15.6 Å². The van der Waals surface area contributed by atoms with E-state index in [4.69, 9.17) is 5.73 Å². The van der Waals surface area contributed by atoms with E-state index in [2.05, 4.69) is 5.32 Å². The largest absolute Gasteiger partial charge is 0.366 e. The van der Waals surface area contributed by atoms with Crippen LogP contribution in [-0.2, 0) is 13.0 Å². The number of rotatable bonds is 4. The van der Waals surface area contributed by atoms with Gasteiger partial charge in [0.05, 0.1) is 16.8 Å². The van der Waals surface area contributed by atoms with E-state index in [9.17, 15) is 9.59 Å². The van der Waals surface area contributed by atoms with Crippen LogP contribution >= 0.6 is 0 Å². The molecule has 0 saturated heterocycles. The standard InChI is InChI=1S/C17H19N3O2/c1-19-10-13-16(17(18)22)15-12(8-5-9-14(15)21)20(13)11-6-3-2-4-7-11/h2-4,6-7,19H,5,8-10H2,1H3,(H2,18,22). The number of aromatic nitrogens is 1. The first-order valence-corrected chi connectivity index (χ1v) is 7.44. The van der Waals surface area contributed by atoms with Crippen LogP contribution in [0.15, 0.2) is 30.3 Å². The second-order valence-corrected chi connectivity index (χ2v) is 5.49. The molecular formula is C17H19N3O2. The first kappa shape index (κ1) is 14.5. The van der Waals surface area contributed by atoms with Crippen LogP contribution in [-0.4, -0.2) is 23.3 Å². The van der Waals surface area contributed by atoms with Gasteiger partial charge in [-0.05, 0) is 32.0 Å². The van der Waals surface area contributed by atoms with Crippen LogP contribution in [0.5, 0.6) is 0 Å². The summed E-state index contributed by atoms with van der Waals surface area (Å²) in [6.45, 7) is 0.480. The summed E-state index contributed by atoms with van der Waals surface area (Å²) in [4.78, 5) is 24.4. The van der Waals surface area contributed by atoms with Crippen LogP contribution in [0, 0.1) is 0 Å². The Hall–Kier alpha value is -2.40. The summed E-state index contributed by atoms with van der Waals surface area (Å²) in [5.74, 6) is -0.520. The van der Waals surface area contributed by atoms with Gasteiger partial charge in [0, 0.05) is 24.3 Å². The monoisotopic (exact) mass is 297 g/mol. The van der Waals surface area contributed by atoms with Crippen molar-refractivity contribution in [2.24, 2.45) is 5.73 Å². The number of amides is 1. The van der Waals surface area contributed by atoms with E-state index in [1.165, 1.54) is 0 Å². The molecule has 5 nitrogen and oxygen atoms in total. The molecule has 0 saturated carbocycles. The maximum absolute atomic E-state index is 12.4. The van der Waals surface area contributed by atoms with Gasteiger partial charge in [-0.15, -0.1) is 0 Å². The predicted molar refractivity (Wildman–Crippen MR) is 84.3 cm³/mol. The minimum atomic E-state index is -0.536. The van der Waals surface area contributed by atoms with E-state index in [1.807, 2.05) is 41.9 Å². The summed E-state index contributed by atoms with van der Waals surface area (Å²) < 4.78 is 2.02. The molecule has 1 heterocycles. The van der Waals surface area contributed by atoms with Crippen LogP contribution in [0.4, 0.5) is 0 Å². The Morgan fingerprint density at radius 1 is 1.27 bits per heavy atom. The van der Waals surface area contributed by atoms with Crippen molar-refractivity contribution in [1.29, 1.82) is 0 Å². The Labute approximate surface area is 129 Å². The number of hydrogen-bond acceptors (Lipinski definition) is 3. The van der Waals surface area contributed by atoms with E-state index < -0.39 is 5.91 Å². The summed E-state index contributed by atoms with van der Waals surface area (Å²) in [6, 6.07) is 9.78. The van der Waals surface area contributed by atoms with E-state index in [1.54, 1.807) is 0 Å². The minimum Gasteiger partial charge on any atom is -0.366 e. The van der Waals surface area contributed by atoms with Gasteiger partial charge in [-0.25, -0.2) is 0 Å². The summed E-state index contributed by atoms with van der Waals surface area (Å²) in [6.07, 6.45) is 2.06. The molecule has 0 fully saturated rings. The van der Waals surface area contributed by atoms with Crippen molar-refractivity contribution in [1.82, 2.24) is 9.88 Å². The zero-order chi connectivity index (χ0) is 15.7. The number of ketones is 1. The van der Waals surface area contributed by atoms with Crippen molar-refractivity contribution >= 4 is 11.7 Å². The lowest BCUT2D eigenvalue weighted by Crippen LogP contribution is -2.20. The number of fused-ring (bicyclic) bond motifs is 1.